The van der Waals surface area contributed by atoms with Gasteiger partial charge in [-0.3, -0.25) is 4.79 Å². The molecule has 2 unspecified atom stereocenters. The van der Waals surface area contributed by atoms with Crippen LogP contribution in [-0.4, -0.2) is 40.9 Å². The molecule has 1 aliphatic rings. The van der Waals surface area contributed by atoms with Crippen molar-refractivity contribution >= 4 is 18.0 Å². The number of aliphatic carboxylic acids is 1. The topological polar surface area (TPSA) is 131 Å². The number of hydrogen-bond acceptors (Lipinski definition) is 6. The van der Waals surface area contributed by atoms with Crippen LogP contribution in [0.3, 0.4) is 0 Å². The van der Waals surface area contributed by atoms with Crippen LogP contribution >= 0.6 is 0 Å². The van der Waals surface area contributed by atoms with E-state index in [9.17, 15) is 19.5 Å². The van der Waals surface area contributed by atoms with Gasteiger partial charge in [-0.05, 0) is 28.2 Å². The molecule has 0 spiro atoms. The number of ether oxygens (including phenoxy) is 1. The number of fused-ring (bicyclic) bond motifs is 3. The van der Waals surface area contributed by atoms with Crippen LogP contribution in [0.2, 0.25) is 0 Å². The Morgan fingerprint density at radius 3 is 2.31 bits per heavy atom. The molecule has 0 bridgehead atoms. The molecule has 0 saturated heterocycles. The first kappa shape index (κ1) is 24.0. The van der Waals surface area contributed by atoms with E-state index in [0.717, 1.165) is 28.5 Å². The molecule has 0 radical (unpaired) electrons. The minimum atomic E-state index is -1.12. The summed E-state index contributed by atoms with van der Waals surface area (Å²) in [5.74, 6) is -2.10. The molecule has 2 aromatic carbocycles. The molecule has 9 heteroatoms. The Kier molecular flexibility index (Phi) is 7.14. The second-order valence-corrected chi connectivity index (χ2v) is 8.53. The van der Waals surface area contributed by atoms with Crippen LogP contribution in [0.1, 0.15) is 53.4 Å². The third kappa shape index (κ3) is 5.03. The number of aromatic nitrogens is 1. The van der Waals surface area contributed by atoms with Crippen molar-refractivity contribution in [3.63, 3.8) is 0 Å². The summed E-state index contributed by atoms with van der Waals surface area (Å²) >= 11 is 0. The normalized spacial score (nSPS) is 13.9. The van der Waals surface area contributed by atoms with Gasteiger partial charge in [0.25, 0.3) is 5.91 Å². The smallest absolute Gasteiger partial charge is 0.407 e. The number of nitrogens with zero attached hydrogens (tertiary/aromatic N) is 1. The number of amides is 2. The van der Waals surface area contributed by atoms with Crippen molar-refractivity contribution in [2.24, 2.45) is 5.92 Å². The highest BCUT2D eigenvalue weighted by atomic mass is 16.5. The molecule has 0 fully saturated rings. The number of carbonyl (C=O) groups is 3. The molecule has 0 saturated carbocycles. The van der Waals surface area contributed by atoms with Crippen LogP contribution in [0.4, 0.5) is 4.79 Å². The van der Waals surface area contributed by atoms with Gasteiger partial charge in [-0.2, -0.15) is 0 Å². The first-order valence-electron chi connectivity index (χ1n) is 11.5. The van der Waals surface area contributed by atoms with E-state index in [1.54, 1.807) is 6.92 Å². The van der Waals surface area contributed by atoms with E-state index in [0.29, 0.717) is 6.42 Å². The van der Waals surface area contributed by atoms with Crippen LogP contribution in [0.25, 0.3) is 11.1 Å². The Bertz CT molecular complexity index is 1190. The van der Waals surface area contributed by atoms with Crippen molar-refractivity contribution in [1.29, 1.82) is 0 Å². The highest BCUT2D eigenvalue weighted by Crippen LogP contribution is 2.44. The number of hydrogen-bond donors (Lipinski definition) is 3. The van der Waals surface area contributed by atoms with E-state index in [1.165, 1.54) is 0 Å². The van der Waals surface area contributed by atoms with E-state index in [4.69, 9.17) is 9.26 Å². The molecule has 1 aromatic heterocycles. The van der Waals surface area contributed by atoms with Gasteiger partial charge in [0.05, 0.1) is 6.54 Å². The number of carboxylic acid groups (broad SMARTS) is 1. The summed E-state index contributed by atoms with van der Waals surface area (Å²) in [5.41, 5.74) is 4.69. The summed E-state index contributed by atoms with van der Waals surface area (Å²) in [4.78, 5) is 36.6. The molecule has 9 nitrogen and oxygen atoms in total. The zero-order chi connectivity index (χ0) is 24.9. The number of benzene rings is 2. The number of carboxylic acids is 1. The molecule has 1 aliphatic carbocycles. The predicted molar refractivity (Wildman–Crippen MR) is 127 cm³/mol. The first-order valence-corrected chi connectivity index (χ1v) is 11.5. The lowest BCUT2D eigenvalue weighted by Gasteiger charge is -2.19. The maximum atomic E-state index is 12.6. The SMILES string of the molecule is CCC(C)C(NC(=O)c1conc1CNC(=O)OCC1c2ccccc2-c2ccccc21)C(=O)O. The van der Waals surface area contributed by atoms with Gasteiger partial charge in [0.15, 0.2) is 0 Å². The zero-order valence-electron chi connectivity index (χ0n) is 19.5. The average molecular weight is 478 g/mol. The highest BCUT2D eigenvalue weighted by Gasteiger charge is 2.30. The van der Waals surface area contributed by atoms with Gasteiger partial charge in [0.1, 0.15) is 30.2 Å². The molecule has 2 amide bonds. The first-order chi connectivity index (χ1) is 16.9. The summed E-state index contributed by atoms with van der Waals surface area (Å²) in [7, 11) is 0. The second-order valence-electron chi connectivity index (χ2n) is 8.53. The molecule has 3 aromatic rings. The summed E-state index contributed by atoms with van der Waals surface area (Å²) in [5, 5.41) is 18.3. The van der Waals surface area contributed by atoms with Crippen molar-refractivity contribution < 1.29 is 28.8 Å². The van der Waals surface area contributed by atoms with E-state index in [1.807, 2.05) is 43.3 Å². The Balaban J connectivity index is 1.36. The van der Waals surface area contributed by atoms with Crippen LogP contribution in [0.15, 0.2) is 59.3 Å². The lowest BCUT2D eigenvalue weighted by atomic mass is 9.98. The lowest BCUT2D eigenvalue weighted by Crippen LogP contribution is -2.45. The van der Waals surface area contributed by atoms with Gasteiger partial charge in [-0.15, -0.1) is 0 Å². The monoisotopic (exact) mass is 477 g/mol. The average Bonchev–Trinajstić information content (AvgIpc) is 3.47. The van der Waals surface area contributed by atoms with Crippen LogP contribution in [0.5, 0.6) is 0 Å². The fourth-order valence-corrected chi connectivity index (χ4v) is 4.28. The molecule has 3 N–H and O–H groups in total. The summed E-state index contributed by atoms with van der Waals surface area (Å²) < 4.78 is 10.4. The fraction of sp³-hybridized carbons (Fsp3) is 0.308. The molecule has 35 heavy (non-hydrogen) atoms. The van der Waals surface area contributed by atoms with E-state index in [-0.39, 0.29) is 36.2 Å². The standard InChI is InChI=1S/C26H27N3O6/c1-3-15(2)23(25(31)32)28-24(30)21-14-35-29-22(21)12-27-26(33)34-13-20-18-10-6-4-8-16(18)17-9-5-7-11-19(17)20/h4-11,14-15,20,23H,3,12-13H2,1-2H3,(H,27,33)(H,28,30)(H,31,32). The van der Waals surface area contributed by atoms with Gasteiger partial charge >= 0.3 is 12.1 Å². The second kappa shape index (κ2) is 10.4. The minimum absolute atomic E-state index is 0.0542. The van der Waals surface area contributed by atoms with Gasteiger partial charge in [0.2, 0.25) is 0 Å². The third-order valence-corrected chi connectivity index (χ3v) is 6.40. The molecule has 4 rings (SSSR count). The van der Waals surface area contributed by atoms with E-state index < -0.39 is 24.0 Å². The van der Waals surface area contributed by atoms with E-state index >= 15 is 0 Å². The third-order valence-electron chi connectivity index (χ3n) is 6.40. The molecular formula is C26H27N3O6. The number of carbonyl (C=O) groups excluding carboxylic acids is 2. The van der Waals surface area contributed by atoms with E-state index in [2.05, 4.69) is 27.9 Å². The van der Waals surface area contributed by atoms with Crippen LogP contribution in [0, 0.1) is 5.92 Å². The summed E-state index contributed by atoms with van der Waals surface area (Å²) in [6, 6.07) is 15.0. The van der Waals surface area contributed by atoms with Gasteiger partial charge in [-0.1, -0.05) is 74.0 Å². The van der Waals surface area contributed by atoms with Crippen molar-refractivity contribution in [1.82, 2.24) is 15.8 Å². The number of nitrogens with one attached hydrogen (secondary N) is 2. The predicted octanol–water partition coefficient (Wildman–Crippen LogP) is 3.94. The van der Waals surface area contributed by atoms with Gasteiger partial charge in [0, 0.05) is 5.92 Å². The van der Waals surface area contributed by atoms with Crippen molar-refractivity contribution in [3.05, 3.63) is 77.2 Å². The quantitative estimate of drug-likeness (QED) is 0.425. The molecular weight excluding hydrogens is 450 g/mol. The van der Waals surface area contributed by atoms with Crippen LogP contribution < -0.4 is 10.6 Å². The van der Waals surface area contributed by atoms with Crippen LogP contribution in [-0.2, 0) is 16.1 Å². The molecule has 182 valence electrons. The maximum absolute atomic E-state index is 12.6. The lowest BCUT2D eigenvalue weighted by molar-refractivity contribution is -0.140. The number of alkyl carbamates (subject to hydrolysis) is 1. The zero-order valence-corrected chi connectivity index (χ0v) is 19.5. The fourth-order valence-electron chi connectivity index (χ4n) is 4.28. The van der Waals surface area contributed by atoms with Crippen molar-refractivity contribution in [3.8, 4) is 11.1 Å². The van der Waals surface area contributed by atoms with Crippen molar-refractivity contribution in [2.45, 2.75) is 38.8 Å². The molecule has 0 aliphatic heterocycles. The minimum Gasteiger partial charge on any atom is -0.480 e. The maximum Gasteiger partial charge on any atom is 0.407 e. The van der Waals surface area contributed by atoms with Crippen molar-refractivity contribution in [2.75, 3.05) is 6.61 Å². The Labute approximate surface area is 202 Å². The number of rotatable bonds is 9. The highest BCUT2D eigenvalue weighted by molar-refractivity contribution is 5.97. The van der Waals surface area contributed by atoms with Gasteiger partial charge in [-0.25, -0.2) is 9.59 Å². The Morgan fingerprint density at radius 1 is 1.09 bits per heavy atom. The van der Waals surface area contributed by atoms with Gasteiger partial charge < -0.3 is 25.0 Å². The summed E-state index contributed by atoms with van der Waals surface area (Å²) in [6.45, 7) is 3.63. The largest absolute Gasteiger partial charge is 0.480 e. The molecule has 1 heterocycles. The Morgan fingerprint density at radius 2 is 1.71 bits per heavy atom. The molecule has 2 atom stereocenters. The summed E-state index contributed by atoms with van der Waals surface area (Å²) in [6.07, 6.45) is 1.04. The Hall–Kier alpha value is -4.14.